The maximum atomic E-state index is 2.39. The summed E-state index contributed by atoms with van der Waals surface area (Å²) in [5, 5.41) is 0. The van der Waals surface area contributed by atoms with E-state index < -0.39 is 0 Å². The minimum atomic E-state index is 1.03. The average molecular weight is 670 g/mol. The third kappa shape index (κ3) is 6.68. The van der Waals surface area contributed by atoms with E-state index in [-0.39, 0.29) is 0 Å². The molecular formula is C49H39N3. The fourth-order valence-electron chi connectivity index (χ4n) is 6.86. The molecule has 0 heterocycles. The minimum Gasteiger partial charge on any atom is -0.310 e. The van der Waals surface area contributed by atoms with E-state index in [0.29, 0.717) is 0 Å². The molecule has 3 heteroatoms. The molecule has 0 radical (unpaired) electrons. The molecule has 8 rings (SSSR count). The normalized spacial score (nSPS) is 10.8. The van der Waals surface area contributed by atoms with E-state index >= 15 is 0 Å². The number of benzene rings is 8. The molecule has 0 aliphatic rings. The number of anilines is 9. The van der Waals surface area contributed by atoms with E-state index in [1.165, 1.54) is 5.56 Å². The van der Waals surface area contributed by atoms with Crippen molar-refractivity contribution in [3.8, 4) is 11.1 Å². The molecule has 52 heavy (non-hydrogen) atoms. The zero-order valence-corrected chi connectivity index (χ0v) is 29.1. The van der Waals surface area contributed by atoms with E-state index in [1.807, 2.05) is 0 Å². The summed E-state index contributed by atoms with van der Waals surface area (Å²) in [5.41, 5.74) is 13.0. The van der Waals surface area contributed by atoms with Gasteiger partial charge in [0.1, 0.15) is 0 Å². The van der Waals surface area contributed by atoms with Gasteiger partial charge in [-0.25, -0.2) is 0 Å². The van der Waals surface area contributed by atoms with E-state index in [9.17, 15) is 0 Å². The summed E-state index contributed by atoms with van der Waals surface area (Å²) in [6.45, 7) is 2.15. The fourth-order valence-corrected chi connectivity index (χ4v) is 6.86. The van der Waals surface area contributed by atoms with E-state index in [4.69, 9.17) is 0 Å². The predicted octanol–water partition coefficient (Wildman–Crippen LogP) is 14.1. The minimum absolute atomic E-state index is 1.03. The third-order valence-corrected chi connectivity index (χ3v) is 9.25. The van der Waals surface area contributed by atoms with Crippen molar-refractivity contribution in [2.75, 3.05) is 14.7 Å². The van der Waals surface area contributed by atoms with Crippen LogP contribution < -0.4 is 14.7 Å². The number of hydrogen-bond acceptors (Lipinski definition) is 3. The number of aryl methyl sites for hydroxylation is 1. The van der Waals surface area contributed by atoms with Crippen molar-refractivity contribution in [1.29, 1.82) is 0 Å². The SMILES string of the molecule is Cc1ccc(-c2c(N(c3ccccc3)c3ccccc3)cc(N(c3ccccc3)c3ccccc3)cc2N(c2ccccc2)c2ccccc2)cc1. The van der Waals surface area contributed by atoms with Gasteiger partial charge in [0, 0.05) is 39.7 Å². The second-order valence-corrected chi connectivity index (χ2v) is 12.7. The van der Waals surface area contributed by atoms with Gasteiger partial charge in [-0.2, -0.15) is 0 Å². The smallest absolute Gasteiger partial charge is 0.0582 e. The maximum absolute atomic E-state index is 2.39. The zero-order chi connectivity index (χ0) is 35.1. The first kappa shape index (κ1) is 32.4. The molecule has 0 aliphatic heterocycles. The van der Waals surface area contributed by atoms with Crippen LogP contribution in [0.5, 0.6) is 0 Å². The Labute approximate surface area is 306 Å². The molecule has 8 aromatic rings. The zero-order valence-electron chi connectivity index (χ0n) is 29.1. The molecule has 0 spiro atoms. The molecule has 8 aromatic carbocycles. The summed E-state index contributed by atoms with van der Waals surface area (Å²) < 4.78 is 0. The van der Waals surface area contributed by atoms with Gasteiger partial charge in [-0.3, -0.25) is 0 Å². The van der Waals surface area contributed by atoms with Crippen molar-refractivity contribution in [3.63, 3.8) is 0 Å². The van der Waals surface area contributed by atoms with Gasteiger partial charge in [0.25, 0.3) is 0 Å². The van der Waals surface area contributed by atoms with Crippen LogP contribution in [-0.4, -0.2) is 0 Å². The van der Waals surface area contributed by atoms with Gasteiger partial charge in [-0.05, 0) is 97.4 Å². The van der Waals surface area contributed by atoms with Gasteiger partial charge in [-0.1, -0.05) is 139 Å². The summed E-state index contributed by atoms with van der Waals surface area (Å²) >= 11 is 0. The lowest BCUT2D eigenvalue weighted by Gasteiger charge is -2.35. The second-order valence-electron chi connectivity index (χ2n) is 12.7. The van der Waals surface area contributed by atoms with Gasteiger partial charge in [-0.15, -0.1) is 0 Å². The van der Waals surface area contributed by atoms with Crippen molar-refractivity contribution >= 4 is 51.2 Å². The van der Waals surface area contributed by atoms with E-state index in [2.05, 4.69) is 240 Å². The van der Waals surface area contributed by atoms with Gasteiger partial charge in [0.15, 0.2) is 0 Å². The highest BCUT2D eigenvalue weighted by Crippen LogP contribution is 2.52. The lowest BCUT2D eigenvalue weighted by Crippen LogP contribution is -2.18. The quantitative estimate of drug-likeness (QED) is 0.143. The Kier molecular flexibility index (Phi) is 9.31. The monoisotopic (exact) mass is 669 g/mol. The molecule has 0 saturated heterocycles. The lowest BCUT2D eigenvalue weighted by atomic mass is 9.95. The summed E-state index contributed by atoms with van der Waals surface area (Å²) in [4.78, 5) is 7.14. The summed E-state index contributed by atoms with van der Waals surface area (Å²) in [6, 6.07) is 77.7. The van der Waals surface area contributed by atoms with Crippen LogP contribution in [0.4, 0.5) is 51.2 Å². The van der Waals surface area contributed by atoms with Crippen LogP contribution in [0.3, 0.4) is 0 Å². The topological polar surface area (TPSA) is 9.72 Å². The van der Waals surface area contributed by atoms with Gasteiger partial charge in [0.2, 0.25) is 0 Å². The highest BCUT2D eigenvalue weighted by Gasteiger charge is 2.27. The number of hydrogen-bond donors (Lipinski definition) is 0. The molecule has 0 aliphatic carbocycles. The molecule has 0 unspecified atom stereocenters. The average Bonchev–Trinajstić information content (AvgIpc) is 3.21. The number of rotatable bonds is 10. The van der Waals surface area contributed by atoms with Crippen molar-refractivity contribution in [3.05, 3.63) is 224 Å². The van der Waals surface area contributed by atoms with E-state index in [1.54, 1.807) is 0 Å². The Bertz CT molecular complexity index is 2110. The van der Waals surface area contributed by atoms with Crippen molar-refractivity contribution in [2.24, 2.45) is 0 Å². The first-order valence-electron chi connectivity index (χ1n) is 17.7. The molecule has 0 saturated carbocycles. The van der Waals surface area contributed by atoms with Crippen molar-refractivity contribution < 1.29 is 0 Å². The molecule has 0 aromatic heterocycles. The predicted molar refractivity (Wildman–Crippen MR) is 221 cm³/mol. The van der Waals surface area contributed by atoms with Gasteiger partial charge >= 0.3 is 0 Å². The van der Waals surface area contributed by atoms with Crippen molar-refractivity contribution in [2.45, 2.75) is 6.92 Å². The first-order chi connectivity index (χ1) is 25.7. The summed E-state index contributed by atoms with van der Waals surface area (Å²) in [6.07, 6.45) is 0. The fraction of sp³-hybridized carbons (Fsp3) is 0.0204. The van der Waals surface area contributed by atoms with E-state index in [0.717, 1.165) is 62.3 Å². The molecule has 0 bridgehead atoms. The van der Waals surface area contributed by atoms with Crippen LogP contribution in [0.2, 0.25) is 0 Å². The van der Waals surface area contributed by atoms with Crippen LogP contribution in [-0.2, 0) is 0 Å². The van der Waals surface area contributed by atoms with Crippen molar-refractivity contribution in [1.82, 2.24) is 0 Å². The van der Waals surface area contributed by atoms with Gasteiger partial charge in [0.05, 0.1) is 17.1 Å². The van der Waals surface area contributed by atoms with Crippen LogP contribution >= 0.6 is 0 Å². The maximum Gasteiger partial charge on any atom is 0.0582 e. The standard InChI is InChI=1S/C49H39N3/c1-38-32-34-39(35-33-38)49-47(51(42-24-12-4-13-25-42)43-26-14-5-15-27-43)36-46(50(40-20-8-2-9-21-40)41-22-10-3-11-23-41)37-48(49)52(44-28-16-6-17-29-44)45-30-18-7-19-31-45/h2-37H,1H3. The third-order valence-electron chi connectivity index (χ3n) is 9.25. The largest absolute Gasteiger partial charge is 0.310 e. The second kappa shape index (κ2) is 15.0. The number of para-hydroxylation sites is 6. The summed E-state index contributed by atoms with van der Waals surface area (Å²) in [7, 11) is 0. The van der Waals surface area contributed by atoms with Gasteiger partial charge < -0.3 is 14.7 Å². The highest BCUT2D eigenvalue weighted by atomic mass is 15.2. The molecule has 250 valence electrons. The van der Waals surface area contributed by atoms with Crippen LogP contribution in [0, 0.1) is 6.92 Å². The molecule has 3 nitrogen and oxygen atoms in total. The van der Waals surface area contributed by atoms with Crippen LogP contribution in [0.25, 0.3) is 11.1 Å². The Morgan fingerprint density at radius 2 is 0.538 bits per heavy atom. The Morgan fingerprint density at radius 3 is 0.827 bits per heavy atom. The highest BCUT2D eigenvalue weighted by molar-refractivity contribution is 6.01. The summed E-state index contributed by atoms with van der Waals surface area (Å²) in [5.74, 6) is 0. The Balaban J connectivity index is 1.54. The molecule has 0 N–H and O–H groups in total. The molecule has 0 fully saturated rings. The first-order valence-corrected chi connectivity index (χ1v) is 17.7. The number of nitrogens with zero attached hydrogens (tertiary/aromatic N) is 3. The van der Waals surface area contributed by atoms with Crippen LogP contribution in [0.1, 0.15) is 5.56 Å². The molecule has 0 atom stereocenters. The lowest BCUT2D eigenvalue weighted by molar-refractivity contribution is 1.22. The Morgan fingerprint density at radius 1 is 0.269 bits per heavy atom. The Hall–Kier alpha value is -6.84. The molecular weight excluding hydrogens is 631 g/mol. The van der Waals surface area contributed by atoms with Crippen LogP contribution in [0.15, 0.2) is 218 Å². The molecule has 0 amide bonds.